The molecular weight excluding hydrogens is 402 g/mol. The molecule has 166 valence electrons. The zero-order valence-electron chi connectivity index (χ0n) is 18.7. The number of hydrogen-bond acceptors (Lipinski definition) is 4. The number of guanidine groups is 1. The number of nitrogens with one attached hydrogen (secondary N) is 4. The van der Waals surface area contributed by atoms with Gasteiger partial charge in [-0.05, 0) is 47.9 Å². The van der Waals surface area contributed by atoms with Gasteiger partial charge in [0.05, 0.1) is 0 Å². The lowest BCUT2D eigenvalue weighted by Crippen LogP contribution is -2.48. The highest BCUT2D eigenvalue weighted by atomic mass is 16.2. The summed E-state index contributed by atoms with van der Waals surface area (Å²) in [6.07, 6.45) is 6.81. The average molecular weight is 432 g/mol. The molecule has 8 nitrogen and oxygen atoms in total. The Morgan fingerprint density at radius 2 is 2.09 bits per heavy atom. The van der Waals surface area contributed by atoms with Crippen LogP contribution in [-0.4, -0.2) is 42.0 Å². The highest BCUT2D eigenvalue weighted by molar-refractivity contribution is 6.03. The van der Waals surface area contributed by atoms with Crippen molar-refractivity contribution in [2.75, 3.05) is 25.5 Å². The van der Waals surface area contributed by atoms with E-state index in [1.54, 1.807) is 7.05 Å². The molecule has 0 bridgehead atoms. The number of imidazole rings is 1. The van der Waals surface area contributed by atoms with Gasteiger partial charge in [0.15, 0.2) is 17.5 Å². The van der Waals surface area contributed by atoms with Crippen molar-refractivity contribution in [2.24, 2.45) is 10.4 Å². The molecule has 1 amide bonds. The smallest absolute Gasteiger partial charge is 0.291 e. The van der Waals surface area contributed by atoms with Crippen LogP contribution < -0.4 is 16.0 Å². The van der Waals surface area contributed by atoms with Gasteiger partial charge in [0.2, 0.25) is 0 Å². The van der Waals surface area contributed by atoms with Crippen molar-refractivity contribution in [3.8, 4) is 6.07 Å². The molecule has 4 N–H and O–H groups in total. The minimum absolute atomic E-state index is 0.127. The molecule has 0 unspecified atom stereocenters. The number of nitrogens with zero attached hydrogens (tertiary/aromatic N) is 3. The Bertz CT molecular complexity index is 1110. The van der Waals surface area contributed by atoms with Crippen molar-refractivity contribution >= 4 is 23.1 Å². The zero-order valence-corrected chi connectivity index (χ0v) is 18.7. The molecule has 8 heteroatoms. The SMILES string of the molecule is CN=C1NCC(c2ccc(NC(=O)c3nc(C#N)c[nH]3)c(C3=CCC(C)(C)CC3)c2)CN1. The minimum atomic E-state index is -0.359. The molecule has 1 fully saturated rings. The van der Waals surface area contributed by atoms with Crippen LogP contribution in [0, 0.1) is 16.7 Å². The van der Waals surface area contributed by atoms with Crippen molar-refractivity contribution < 1.29 is 4.79 Å². The maximum absolute atomic E-state index is 12.8. The number of nitriles is 1. The number of amides is 1. The van der Waals surface area contributed by atoms with Gasteiger partial charge in [-0.2, -0.15) is 5.26 Å². The second-order valence-corrected chi connectivity index (χ2v) is 9.13. The number of rotatable bonds is 4. The third-order valence-electron chi connectivity index (χ3n) is 6.24. The van der Waals surface area contributed by atoms with E-state index in [9.17, 15) is 4.79 Å². The van der Waals surface area contributed by atoms with Crippen LogP contribution in [0.2, 0.25) is 0 Å². The fraction of sp³-hybridized carbons (Fsp3) is 0.417. The lowest BCUT2D eigenvalue weighted by atomic mass is 9.76. The zero-order chi connectivity index (χ0) is 22.7. The number of H-pyrrole nitrogens is 1. The van der Waals surface area contributed by atoms with E-state index in [0.717, 1.165) is 49.6 Å². The summed E-state index contributed by atoms with van der Waals surface area (Å²) in [5.41, 5.74) is 4.75. The van der Waals surface area contributed by atoms with Gasteiger partial charge in [0.25, 0.3) is 5.91 Å². The van der Waals surface area contributed by atoms with E-state index in [0.29, 0.717) is 11.3 Å². The topological polar surface area (TPSA) is 118 Å². The summed E-state index contributed by atoms with van der Waals surface area (Å²) in [5, 5.41) is 18.6. The van der Waals surface area contributed by atoms with E-state index < -0.39 is 0 Å². The molecule has 4 rings (SSSR count). The lowest BCUT2D eigenvalue weighted by molar-refractivity contribution is 0.101. The average Bonchev–Trinajstić information content (AvgIpc) is 3.29. The van der Waals surface area contributed by atoms with Gasteiger partial charge < -0.3 is 20.9 Å². The Balaban J connectivity index is 1.64. The molecular formula is C24H29N7O. The summed E-state index contributed by atoms with van der Waals surface area (Å²) in [5.74, 6) is 0.884. The normalized spacial score (nSPS) is 19.8. The van der Waals surface area contributed by atoms with Crippen LogP contribution in [0.1, 0.15) is 66.5 Å². The van der Waals surface area contributed by atoms with Crippen LogP contribution in [-0.2, 0) is 0 Å². The molecule has 1 aromatic heterocycles. The van der Waals surface area contributed by atoms with Crippen molar-refractivity contribution in [1.82, 2.24) is 20.6 Å². The summed E-state index contributed by atoms with van der Waals surface area (Å²) in [6.45, 7) is 6.19. The molecule has 32 heavy (non-hydrogen) atoms. The van der Waals surface area contributed by atoms with Gasteiger partial charge in [-0.1, -0.05) is 26.0 Å². The first-order valence-electron chi connectivity index (χ1n) is 10.9. The van der Waals surface area contributed by atoms with Crippen LogP contribution in [0.4, 0.5) is 5.69 Å². The third kappa shape index (κ3) is 4.67. The van der Waals surface area contributed by atoms with Crippen LogP contribution in [0.3, 0.4) is 0 Å². The van der Waals surface area contributed by atoms with E-state index in [-0.39, 0.29) is 17.4 Å². The summed E-state index contributed by atoms with van der Waals surface area (Å²) in [6, 6.07) is 8.18. The first-order chi connectivity index (χ1) is 15.4. The monoisotopic (exact) mass is 431 g/mol. The number of aromatic nitrogens is 2. The van der Waals surface area contributed by atoms with Crippen molar-refractivity contribution in [1.29, 1.82) is 5.26 Å². The molecule has 1 aliphatic carbocycles. The Morgan fingerprint density at radius 3 is 2.72 bits per heavy atom. The lowest BCUT2D eigenvalue weighted by Gasteiger charge is -2.30. The predicted molar refractivity (Wildman–Crippen MR) is 125 cm³/mol. The fourth-order valence-electron chi connectivity index (χ4n) is 4.16. The third-order valence-corrected chi connectivity index (χ3v) is 6.24. The molecule has 2 aromatic rings. The fourth-order valence-corrected chi connectivity index (χ4v) is 4.16. The molecule has 1 saturated heterocycles. The minimum Gasteiger partial charge on any atom is -0.356 e. The van der Waals surface area contributed by atoms with E-state index >= 15 is 0 Å². The highest BCUT2D eigenvalue weighted by Gasteiger charge is 2.25. The number of allylic oxidation sites excluding steroid dienone is 2. The van der Waals surface area contributed by atoms with Gasteiger partial charge >= 0.3 is 0 Å². The Morgan fingerprint density at radius 1 is 1.31 bits per heavy atom. The van der Waals surface area contributed by atoms with E-state index in [2.05, 4.69) is 63.0 Å². The van der Waals surface area contributed by atoms with Crippen LogP contribution >= 0.6 is 0 Å². The molecule has 0 spiro atoms. The number of anilines is 1. The largest absolute Gasteiger partial charge is 0.356 e. The molecule has 1 aromatic carbocycles. The molecule has 2 heterocycles. The van der Waals surface area contributed by atoms with Gasteiger partial charge in [-0.3, -0.25) is 9.79 Å². The van der Waals surface area contributed by atoms with Crippen molar-refractivity contribution in [3.05, 3.63) is 53.1 Å². The first kappa shape index (κ1) is 21.6. The molecule has 0 radical (unpaired) electrons. The van der Waals surface area contributed by atoms with Gasteiger partial charge in [0, 0.05) is 43.5 Å². The maximum Gasteiger partial charge on any atom is 0.291 e. The number of benzene rings is 1. The first-order valence-corrected chi connectivity index (χ1v) is 10.9. The van der Waals surface area contributed by atoms with Gasteiger partial charge in [0.1, 0.15) is 6.07 Å². The standard InChI is InChI=1S/C24H29N7O/c1-24(2)8-6-15(7-9-24)19-10-16(17-12-28-23(26-3)29-13-17)4-5-20(19)31-22(32)21-27-14-18(11-25)30-21/h4-6,10,14,17H,7-9,12-13H2,1-3H3,(H,27,30)(H,31,32)(H2,26,28,29). The summed E-state index contributed by atoms with van der Waals surface area (Å²) in [4.78, 5) is 23.7. The summed E-state index contributed by atoms with van der Waals surface area (Å²) < 4.78 is 0. The number of carbonyl (C=O) groups is 1. The second-order valence-electron chi connectivity index (χ2n) is 9.13. The Labute approximate surface area is 188 Å². The van der Waals surface area contributed by atoms with E-state index in [1.807, 2.05) is 12.1 Å². The predicted octanol–water partition coefficient (Wildman–Crippen LogP) is 3.39. The van der Waals surface area contributed by atoms with E-state index in [4.69, 9.17) is 5.26 Å². The van der Waals surface area contributed by atoms with E-state index in [1.165, 1.54) is 17.3 Å². The van der Waals surface area contributed by atoms with Crippen molar-refractivity contribution in [3.63, 3.8) is 0 Å². The maximum atomic E-state index is 12.8. The molecule has 1 aliphatic heterocycles. The summed E-state index contributed by atoms with van der Waals surface area (Å²) in [7, 11) is 1.76. The Hall–Kier alpha value is -3.60. The number of carbonyl (C=O) groups excluding carboxylic acids is 1. The quantitative estimate of drug-likeness (QED) is 0.592. The molecule has 0 atom stereocenters. The number of aliphatic imine (C=N–C) groups is 1. The highest BCUT2D eigenvalue weighted by Crippen LogP contribution is 2.40. The Kier molecular flexibility index (Phi) is 5.99. The molecule has 0 saturated carbocycles. The second kappa shape index (κ2) is 8.87. The summed E-state index contributed by atoms with van der Waals surface area (Å²) >= 11 is 0. The molecule has 2 aliphatic rings. The van der Waals surface area contributed by atoms with Crippen molar-refractivity contribution in [2.45, 2.75) is 39.0 Å². The van der Waals surface area contributed by atoms with Gasteiger partial charge in [-0.15, -0.1) is 0 Å². The van der Waals surface area contributed by atoms with Crippen LogP contribution in [0.5, 0.6) is 0 Å². The number of hydrogen-bond donors (Lipinski definition) is 4. The van der Waals surface area contributed by atoms with Gasteiger partial charge in [-0.25, -0.2) is 4.98 Å². The van der Waals surface area contributed by atoms with Crippen LogP contribution in [0.15, 0.2) is 35.5 Å². The van der Waals surface area contributed by atoms with Crippen LogP contribution in [0.25, 0.3) is 5.57 Å². The number of aromatic amines is 1.